The van der Waals surface area contributed by atoms with Crippen molar-refractivity contribution in [3.63, 3.8) is 0 Å². The molecule has 0 saturated carbocycles. The Morgan fingerprint density at radius 3 is 2.80 bits per heavy atom. The van der Waals surface area contributed by atoms with Crippen molar-refractivity contribution in [3.05, 3.63) is 23.8 Å². The number of ether oxygens (including phenoxy) is 1. The van der Waals surface area contributed by atoms with E-state index < -0.39 is 0 Å². The Kier molecular flexibility index (Phi) is 4.84. The third kappa shape index (κ3) is 3.63. The van der Waals surface area contributed by atoms with E-state index in [0.29, 0.717) is 23.9 Å². The van der Waals surface area contributed by atoms with E-state index in [0.717, 1.165) is 31.6 Å². The third-order valence-electron chi connectivity index (χ3n) is 3.64. The monoisotopic (exact) mass is 277 g/mol. The van der Waals surface area contributed by atoms with Gasteiger partial charge in [-0.1, -0.05) is 0 Å². The average Bonchev–Trinajstić information content (AvgIpc) is 2.44. The molecule has 0 spiro atoms. The Bertz CT molecular complexity index is 468. The minimum atomic E-state index is -0.307. The number of esters is 1. The first-order valence-electron chi connectivity index (χ1n) is 7.12. The van der Waals surface area contributed by atoms with Crippen LogP contribution in [-0.2, 0) is 4.74 Å². The Hall–Kier alpha value is -1.75. The fourth-order valence-corrected chi connectivity index (χ4v) is 2.40. The summed E-state index contributed by atoms with van der Waals surface area (Å²) in [4.78, 5) is 14.1. The predicted octanol–water partition coefficient (Wildman–Crippen LogP) is 1.95. The van der Waals surface area contributed by atoms with Gasteiger partial charge in [-0.25, -0.2) is 4.79 Å². The number of nitrogen functional groups attached to an aromatic ring is 1. The molecular weight excluding hydrogens is 254 g/mol. The molecule has 1 aliphatic rings. The summed E-state index contributed by atoms with van der Waals surface area (Å²) in [5.74, 6) is -0.307. The molecule has 5 nitrogen and oxygen atoms in total. The molecule has 0 amide bonds. The standard InChI is InChI=1S/C15H23N3O2/c1-3-20-15(19)11-4-5-13(16)14(10-11)17-12-6-8-18(2)9-7-12/h4-5,10,12,17H,3,6-9,16H2,1-2H3. The van der Waals surface area contributed by atoms with Gasteiger partial charge in [-0.15, -0.1) is 0 Å². The molecule has 3 N–H and O–H groups in total. The summed E-state index contributed by atoms with van der Waals surface area (Å²) in [6, 6.07) is 5.65. The van der Waals surface area contributed by atoms with Crippen molar-refractivity contribution >= 4 is 17.3 Å². The second-order valence-electron chi connectivity index (χ2n) is 5.24. The number of anilines is 2. The Balaban J connectivity index is 2.06. The lowest BCUT2D eigenvalue weighted by atomic mass is 10.0. The van der Waals surface area contributed by atoms with Crippen LogP contribution in [0.3, 0.4) is 0 Å². The molecular formula is C15H23N3O2. The van der Waals surface area contributed by atoms with Gasteiger partial charge >= 0.3 is 5.97 Å². The van der Waals surface area contributed by atoms with E-state index in [4.69, 9.17) is 10.5 Å². The Morgan fingerprint density at radius 2 is 2.15 bits per heavy atom. The summed E-state index contributed by atoms with van der Waals surface area (Å²) in [7, 11) is 2.13. The lowest BCUT2D eigenvalue weighted by Crippen LogP contribution is -2.36. The van der Waals surface area contributed by atoms with Crippen LogP contribution < -0.4 is 11.1 Å². The lowest BCUT2D eigenvalue weighted by Gasteiger charge is -2.30. The van der Waals surface area contributed by atoms with Crippen LogP contribution in [0.4, 0.5) is 11.4 Å². The number of nitrogens with one attached hydrogen (secondary N) is 1. The van der Waals surface area contributed by atoms with Crippen LogP contribution in [0.25, 0.3) is 0 Å². The summed E-state index contributed by atoms with van der Waals surface area (Å²) in [5, 5.41) is 3.45. The summed E-state index contributed by atoms with van der Waals surface area (Å²) in [6.45, 7) is 4.33. The van der Waals surface area contributed by atoms with Crippen molar-refractivity contribution in [1.29, 1.82) is 0 Å². The van der Waals surface area contributed by atoms with E-state index in [1.165, 1.54) is 0 Å². The highest BCUT2D eigenvalue weighted by Crippen LogP contribution is 2.24. The molecule has 1 aromatic carbocycles. The Labute approximate surface area is 120 Å². The van der Waals surface area contributed by atoms with E-state index in [1.807, 2.05) is 0 Å². The van der Waals surface area contributed by atoms with E-state index in [-0.39, 0.29) is 5.97 Å². The molecule has 110 valence electrons. The van der Waals surface area contributed by atoms with Gasteiger partial charge in [0.05, 0.1) is 23.5 Å². The van der Waals surface area contributed by atoms with Gasteiger partial charge in [0.1, 0.15) is 0 Å². The molecule has 1 aromatic rings. The molecule has 1 saturated heterocycles. The van der Waals surface area contributed by atoms with Gasteiger partial charge in [0.15, 0.2) is 0 Å². The zero-order valence-electron chi connectivity index (χ0n) is 12.2. The predicted molar refractivity (Wildman–Crippen MR) is 81.0 cm³/mol. The first kappa shape index (κ1) is 14.7. The lowest BCUT2D eigenvalue weighted by molar-refractivity contribution is 0.0526. The van der Waals surface area contributed by atoms with Crippen molar-refractivity contribution in [3.8, 4) is 0 Å². The molecule has 1 heterocycles. The number of carbonyl (C=O) groups excluding carboxylic acids is 1. The Morgan fingerprint density at radius 1 is 1.45 bits per heavy atom. The van der Waals surface area contributed by atoms with Gasteiger partial charge in [0, 0.05) is 6.04 Å². The van der Waals surface area contributed by atoms with Gasteiger partial charge in [-0.3, -0.25) is 0 Å². The number of piperidine rings is 1. The molecule has 0 unspecified atom stereocenters. The third-order valence-corrected chi connectivity index (χ3v) is 3.64. The van der Waals surface area contributed by atoms with E-state index >= 15 is 0 Å². The zero-order valence-corrected chi connectivity index (χ0v) is 12.2. The second-order valence-corrected chi connectivity index (χ2v) is 5.24. The highest BCUT2D eigenvalue weighted by atomic mass is 16.5. The maximum atomic E-state index is 11.7. The number of nitrogens with zero attached hydrogens (tertiary/aromatic N) is 1. The minimum Gasteiger partial charge on any atom is -0.462 e. The largest absolute Gasteiger partial charge is 0.462 e. The van der Waals surface area contributed by atoms with Gasteiger partial charge in [-0.2, -0.15) is 0 Å². The molecule has 0 aliphatic carbocycles. The zero-order chi connectivity index (χ0) is 14.5. The van der Waals surface area contributed by atoms with Gasteiger partial charge in [0.25, 0.3) is 0 Å². The normalized spacial score (nSPS) is 16.9. The number of benzene rings is 1. The van der Waals surface area contributed by atoms with Crippen LogP contribution in [0.5, 0.6) is 0 Å². The maximum absolute atomic E-state index is 11.7. The minimum absolute atomic E-state index is 0.307. The average molecular weight is 277 g/mol. The quantitative estimate of drug-likeness (QED) is 0.650. The molecule has 0 atom stereocenters. The van der Waals surface area contributed by atoms with Crippen LogP contribution in [-0.4, -0.2) is 43.7 Å². The fourth-order valence-electron chi connectivity index (χ4n) is 2.40. The summed E-state index contributed by atoms with van der Waals surface area (Å²) < 4.78 is 5.01. The van der Waals surface area contributed by atoms with Gasteiger partial charge in [-0.05, 0) is 58.1 Å². The summed E-state index contributed by atoms with van der Waals surface area (Å²) >= 11 is 0. The first-order chi connectivity index (χ1) is 9.60. The number of hydrogen-bond acceptors (Lipinski definition) is 5. The van der Waals surface area contributed by atoms with Crippen molar-refractivity contribution in [1.82, 2.24) is 4.90 Å². The highest BCUT2D eigenvalue weighted by Gasteiger charge is 2.18. The smallest absolute Gasteiger partial charge is 0.338 e. The van der Waals surface area contributed by atoms with Crippen LogP contribution in [0, 0.1) is 0 Å². The molecule has 20 heavy (non-hydrogen) atoms. The van der Waals surface area contributed by atoms with Crippen LogP contribution >= 0.6 is 0 Å². The number of hydrogen-bond donors (Lipinski definition) is 2. The molecule has 0 aromatic heterocycles. The molecule has 1 aliphatic heterocycles. The van der Waals surface area contributed by atoms with Crippen molar-refractivity contribution in [2.24, 2.45) is 0 Å². The van der Waals surface area contributed by atoms with Crippen LogP contribution in [0.1, 0.15) is 30.1 Å². The summed E-state index contributed by atoms with van der Waals surface area (Å²) in [6.07, 6.45) is 2.17. The fraction of sp³-hybridized carbons (Fsp3) is 0.533. The molecule has 0 bridgehead atoms. The number of rotatable bonds is 4. The molecule has 0 radical (unpaired) electrons. The van der Waals surface area contributed by atoms with E-state index in [2.05, 4.69) is 17.3 Å². The number of carbonyl (C=O) groups is 1. The summed E-state index contributed by atoms with van der Waals surface area (Å²) in [5.41, 5.74) is 8.01. The second kappa shape index (κ2) is 6.61. The maximum Gasteiger partial charge on any atom is 0.338 e. The van der Waals surface area contributed by atoms with Crippen molar-refractivity contribution < 1.29 is 9.53 Å². The first-order valence-corrected chi connectivity index (χ1v) is 7.12. The molecule has 2 rings (SSSR count). The van der Waals surface area contributed by atoms with E-state index in [9.17, 15) is 4.79 Å². The van der Waals surface area contributed by atoms with Crippen LogP contribution in [0.15, 0.2) is 18.2 Å². The number of nitrogens with two attached hydrogens (primary N) is 1. The van der Waals surface area contributed by atoms with Gasteiger partial charge in [0.2, 0.25) is 0 Å². The number of likely N-dealkylation sites (tertiary alicyclic amines) is 1. The van der Waals surface area contributed by atoms with Gasteiger partial charge < -0.3 is 20.7 Å². The molecule has 5 heteroatoms. The van der Waals surface area contributed by atoms with Crippen molar-refractivity contribution in [2.45, 2.75) is 25.8 Å². The highest BCUT2D eigenvalue weighted by molar-refractivity contribution is 5.92. The van der Waals surface area contributed by atoms with E-state index in [1.54, 1.807) is 25.1 Å². The molecule has 1 fully saturated rings. The van der Waals surface area contributed by atoms with Crippen LogP contribution in [0.2, 0.25) is 0 Å². The SMILES string of the molecule is CCOC(=O)c1ccc(N)c(NC2CCN(C)CC2)c1. The topological polar surface area (TPSA) is 67.6 Å². The van der Waals surface area contributed by atoms with Crippen molar-refractivity contribution in [2.75, 3.05) is 37.8 Å².